The molecule has 0 saturated heterocycles. The number of hydrogen-bond acceptors (Lipinski definition) is 5. The summed E-state index contributed by atoms with van der Waals surface area (Å²) in [5.41, 5.74) is 0.532. The van der Waals surface area contributed by atoms with Crippen molar-refractivity contribution in [3.8, 4) is 0 Å². The number of aliphatic imine (C=N–C) groups is 1. The number of nitrogens with one attached hydrogen (secondary N) is 4. The van der Waals surface area contributed by atoms with Crippen LogP contribution in [0.2, 0.25) is 0 Å². The summed E-state index contributed by atoms with van der Waals surface area (Å²) in [6.07, 6.45) is 2.25. The number of rotatable bonds is 9. The van der Waals surface area contributed by atoms with Crippen molar-refractivity contribution < 1.29 is 14.3 Å². The number of guanidine groups is 1. The average molecular weight is 534 g/mol. The number of hydrogen-bond donors (Lipinski definition) is 4. The van der Waals surface area contributed by atoms with Gasteiger partial charge in [0.1, 0.15) is 11.4 Å². The number of carbonyl (C=O) groups is 2. The lowest BCUT2D eigenvalue weighted by Crippen LogP contribution is -2.39. The van der Waals surface area contributed by atoms with Crippen LogP contribution in [0.3, 0.4) is 0 Å². The monoisotopic (exact) mass is 534 g/mol. The Bertz CT molecular complexity index is 674. The molecule has 0 spiro atoms. The van der Waals surface area contributed by atoms with Crippen LogP contribution in [0, 0.1) is 6.92 Å². The van der Waals surface area contributed by atoms with Gasteiger partial charge in [-0.05, 0) is 52.7 Å². The molecule has 30 heavy (non-hydrogen) atoms. The Balaban J connectivity index is 0.00000841. The molecular formula is C20H35IN6O3. The molecule has 0 atom stereocenters. The van der Waals surface area contributed by atoms with Gasteiger partial charge in [0.15, 0.2) is 5.96 Å². The van der Waals surface area contributed by atoms with Crippen LogP contribution in [0.25, 0.3) is 0 Å². The molecule has 1 rings (SSSR count). The summed E-state index contributed by atoms with van der Waals surface area (Å²) in [5, 5.41) is 11.7. The van der Waals surface area contributed by atoms with E-state index in [0.29, 0.717) is 50.8 Å². The minimum absolute atomic E-state index is 0. The Morgan fingerprint density at radius 1 is 1.13 bits per heavy atom. The summed E-state index contributed by atoms with van der Waals surface area (Å²) in [6, 6.07) is 3.67. The smallest absolute Gasteiger partial charge is 0.407 e. The normalized spacial score (nSPS) is 11.2. The van der Waals surface area contributed by atoms with Gasteiger partial charge in [-0.1, -0.05) is 6.07 Å². The van der Waals surface area contributed by atoms with Crippen molar-refractivity contribution in [3.05, 3.63) is 23.9 Å². The number of carbonyl (C=O) groups excluding carboxylic acids is 2. The largest absolute Gasteiger partial charge is 0.444 e. The van der Waals surface area contributed by atoms with Crippen molar-refractivity contribution >= 4 is 47.8 Å². The summed E-state index contributed by atoms with van der Waals surface area (Å²) in [6.45, 7) is 11.5. The van der Waals surface area contributed by atoms with Gasteiger partial charge in [-0.2, -0.15) is 0 Å². The van der Waals surface area contributed by atoms with Crippen LogP contribution in [0.5, 0.6) is 0 Å². The SMILES string of the molecule is CCNC(=NCCCNC(=O)OC(C)(C)C)NCCC(=O)Nc1ccc(C)cn1.I. The summed E-state index contributed by atoms with van der Waals surface area (Å²) < 4.78 is 5.17. The standard InChI is InChI=1S/C20H34N6O3.HI/c1-6-21-18(22-11-7-12-24-19(28)29-20(3,4)5)23-13-10-17(27)26-16-9-8-15(2)14-25-16;/h8-9,14H,6-7,10-13H2,1-5H3,(H,24,28)(H2,21,22,23)(H,25,26,27);1H. The quantitative estimate of drug-likeness (QED) is 0.168. The van der Waals surface area contributed by atoms with Crippen molar-refractivity contribution in [3.63, 3.8) is 0 Å². The molecule has 2 amide bonds. The van der Waals surface area contributed by atoms with Crippen molar-refractivity contribution in [1.82, 2.24) is 20.9 Å². The second kappa shape index (κ2) is 14.8. The van der Waals surface area contributed by atoms with E-state index in [1.54, 1.807) is 12.3 Å². The summed E-state index contributed by atoms with van der Waals surface area (Å²) in [4.78, 5) is 32.2. The summed E-state index contributed by atoms with van der Waals surface area (Å²) in [5.74, 6) is 1.05. The summed E-state index contributed by atoms with van der Waals surface area (Å²) in [7, 11) is 0. The van der Waals surface area contributed by atoms with Crippen LogP contribution in [-0.2, 0) is 9.53 Å². The van der Waals surface area contributed by atoms with E-state index >= 15 is 0 Å². The van der Waals surface area contributed by atoms with Crippen molar-refractivity contribution in [1.29, 1.82) is 0 Å². The van der Waals surface area contributed by atoms with E-state index in [-0.39, 0.29) is 29.9 Å². The third-order valence-electron chi connectivity index (χ3n) is 3.44. The first kappa shape index (κ1) is 27.9. The predicted molar refractivity (Wildman–Crippen MR) is 130 cm³/mol. The van der Waals surface area contributed by atoms with Gasteiger partial charge in [-0.15, -0.1) is 24.0 Å². The van der Waals surface area contributed by atoms with Gasteiger partial charge in [-0.3, -0.25) is 9.79 Å². The number of ether oxygens (including phenoxy) is 1. The molecule has 9 nitrogen and oxygen atoms in total. The van der Waals surface area contributed by atoms with Gasteiger partial charge < -0.3 is 26.0 Å². The first-order valence-corrected chi connectivity index (χ1v) is 9.91. The van der Waals surface area contributed by atoms with E-state index in [1.807, 2.05) is 40.7 Å². The molecule has 0 unspecified atom stereocenters. The second-order valence-electron chi connectivity index (χ2n) is 7.49. The van der Waals surface area contributed by atoms with Crippen LogP contribution < -0.4 is 21.3 Å². The van der Waals surface area contributed by atoms with Gasteiger partial charge in [0.05, 0.1) is 0 Å². The highest BCUT2D eigenvalue weighted by Gasteiger charge is 2.15. The Morgan fingerprint density at radius 3 is 2.47 bits per heavy atom. The Hall–Kier alpha value is -2.11. The molecule has 0 bridgehead atoms. The highest BCUT2D eigenvalue weighted by Crippen LogP contribution is 2.06. The topological polar surface area (TPSA) is 117 Å². The Morgan fingerprint density at radius 2 is 1.87 bits per heavy atom. The third kappa shape index (κ3) is 14.0. The zero-order valence-electron chi connectivity index (χ0n) is 18.5. The lowest BCUT2D eigenvalue weighted by Gasteiger charge is -2.19. The third-order valence-corrected chi connectivity index (χ3v) is 3.44. The van der Waals surface area contributed by atoms with E-state index in [2.05, 4.69) is 31.2 Å². The molecule has 1 aromatic rings. The molecule has 0 radical (unpaired) electrons. The number of amides is 2. The lowest BCUT2D eigenvalue weighted by molar-refractivity contribution is -0.116. The van der Waals surface area contributed by atoms with E-state index in [0.717, 1.165) is 5.56 Å². The molecule has 0 fully saturated rings. The minimum Gasteiger partial charge on any atom is -0.444 e. The van der Waals surface area contributed by atoms with Crippen LogP contribution >= 0.6 is 24.0 Å². The molecule has 0 aliphatic rings. The number of aromatic nitrogens is 1. The van der Waals surface area contributed by atoms with Crippen LogP contribution in [0.15, 0.2) is 23.3 Å². The fourth-order valence-electron chi connectivity index (χ4n) is 2.16. The van der Waals surface area contributed by atoms with Crippen LogP contribution in [0.4, 0.5) is 10.6 Å². The number of anilines is 1. The zero-order valence-corrected chi connectivity index (χ0v) is 20.8. The lowest BCUT2D eigenvalue weighted by atomic mass is 10.2. The van der Waals surface area contributed by atoms with Gasteiger partial charge in [0.25, 0.3) is 0 Å². The van der Waals surface area contributed by atoms with Crippen molar-refractivity contribution in [2.45, 2.75) is 53.1 Å². The molecule has 0 saturated carbocycles. The van der Waals surface area contributed by atoms with Crippen molar-refractivity contribution in [2.24, 2.45) is 4.99 Å². The highest BCUT2D eigenvalue weighted by atomic mass is 127. The van der Waals surface area contributed by atoms with E-state index in [4.69, 9.17) is 4.74 Å². The molecule has 170 valence electrons. The number of alkyl carbamates (subject to hydrolysis) is 1. The van der Waals surface area contributed by atoms with Crippen LogP contribution in [0.1, 0.15) is 46.1 Å². The first-order chi connectivity index (χ1) is 13.7. The minimum atomic E-state index is -0.508. The number of nitrogens with zero attached hydrogens (tertiary/aromatic N) is 2. The van der Waals surface area contributed by atoms with E-state index in [1.165, 1.54) is 0 Å². The Kier molecular flexibility index (Phi) is 13.8. The molecule has 0 aliphatic heterocycles. The van der Waals surface area contributed by atoms with E-state index in [9.17, 15) is 9.59 Å². The fraction of sp³-hybridized carbons (Fsp3) is 0.600. The fourth-order valence-corrected chi connectivity index (χ4v) is 2.16. The molecule has 10 heteroatoms. The van der Waals surface area contributed by atoms with Crippen molar-refractivity contribution in [2.75, 3.05) is 31.5 Å². The number of aryl methyl sites for hydroxylation is 1. The molecule has 0 aromatic carbocycles. The maximum absolute atomic E-state index is 12.0. The molecule has 4 N–H and O–H groups in total. The molecule has 1 aromatic heterocycles. The summed E-state index contributed by atoms with van der Waals surface area (Å²) >= 11 is 0. The predicted octanol–water partition coefficient (Wildman–Crippen LogP) is 2.81. The number of halogens is 1. The molecule has 0 aliphatic carbocycles. The second-order valence-corrected chi connectivity index (χ2v) is 7.49. The van der Waals surface area contributed by atoms with E-state index < -0.39 is 11.7 Å². The number of pyridine rings is 1. The van der Waals surface area contributed by atoms with Crippen LogP contribution in [-0.4, -0.2) is 54.7 Å². The zero-order chi connectivity index (χ0) is 21.7. The highest BCUT2D eigenvalue weighted by molar-refractivity contribution is 14.0. The Labute approximate surface area is 196 Å². The molecule has 1 heterocycles. The molecular weight excluding hydrogens is 499 g/mol. The van der Waals surface area contributed by atoms with Gasteiger partial charge >= 0.3 is 6.09 Å². The van der Waals surface area contributed by atoms with Gasteiger partial charge in [-0.25, -0.2) is 9.78 Å². The maximum Gasteiger partial charge on any atom is 0.407 e. The van der Waals surface area contributed by atoms with Gasteiger partial charge in [0, 0.05) is 38.8 Å². The first-order valence-electron chi connectivity index (χ1n) is 9.91. The maximum atomic E-state index is 12.0. The average Bonchev–Trinajstić information content (AvgIpc) is 2.62. The van der Waals surface area contributed by atoms with Gasteiger partial charge in [0.2, 0.25) is 5.91 Å².